The second-order valence-corrected chi connectivity index (χ2v) is 10.4. The minimum atomic E-state index is -1.07. The Balaban J connectivity index is 1.31. The van der Waals surface area contributed by atoms with Gasteiger partial charge in [0.15, 0.2) is 0 Å². The quantitative estimate of drug-likeness (QED) is 0.427. The number of carbonyl (C=O) groups is 1. The number of aliphatic hydroxyl groups is 1. The average Bonchev–Trinajstić information content (AvgIpc) is 2.98. The number of nitrogens with zero attached hydrogens (tertiary/aromatic N) is 2. The molecule has 2 fully saturated rings. The Morgan fingerprint density at radius 2 is 1.46 bits per heavy atom. The lowest BCUT2D eigenvalue weighted by atomic mass is 9.72. The topological polar surface area (TPSA) is 76.4 Å². The molecule has 0 spiro atoms. The lowest BCUT2D eigenvalue weighted by Gasteiger charge is -2.43. The Labute approximate surface area is 219 Å². The van der Waals surface area contributed by atoms with E-state index in [0.29, 0.717) is 11.3 Å². The predicted molar refractivity (Wildman–Crippen MR) is 147 cm³/mol. The number of piperidine rings is 1. The Bertz CT molecular complexity index is 1200. The first-order valence-corrected chi connectivity index (χ1v) is 13.5. The van der Waals surface area contributed by atoms with Crippen molar-refractivity contribution in [2.45, 2.75) is 50.5 Å². The maximum atomic E-state index is 12.7. The number of nitriles is 1. The highest BCUT2D eigenvalue weighted by atomic mass is 16.3. The van der Waals surface area contributed by atoms with Gasteiger partial charge in [-0.1, -0.05) is 79.9 Å². The van der Waals surface area contributed by atoms with Gasteiger partial charge in [0.1, 0.15) is 11.7 Å². The molecule has 37 heavy (non-hydrogen) atoms. The summed E-state index contributed by atoms with van der Waals surface area (Å²) in [7, 11) is 0. The summed E-state index contributed by atoms with van der Waals surface area (Å²) in [6.07, 6.45) is 6.92. The van der Waals surface area contributed by atoms with Crippen molar-refractivity contribution in [3.63, 3.8) is 0 Å². The van der Waals surface area contributed by atoms with Crippen LogP contribution < -0.4 is 10.2 Å². The Hall–Kier alpha value is -3.62. The van der Waals surface area contributed by atoms with Crippen LogP contribution in [0.5, 0.6) is 0 Å². The van der Waals surface area contributed by atoms with Gasteiger partial charge >= 0.3 is 0 Å². The van der Waals surface area contributed by atoms with Gasteiger partial charge in [-0.15, -0.1) is 0 Å². The van der Waals surface area contributed by atoms with Gasteiger partial charge < -0.3 is 15.3 Å². The first kappa shape index (κ1) is 25.0. The Morgan fingerprint density at radius 1 is 0.865 bits per heavy atom. The molecule has 1 saturated heterocycles. The molecule has 0 radical (unpaired) electrons. The van der Waals surface area contributed by atoms with E-state index in [0.717, 1.165) is 68.4 Å². The maximum absolute atomic E-state index is 12.7. The lowest BCUT2D eigenvalue weighted by molar-refractivity contribution is -0.120. The van der Waals surface area contributed by atoms with E-state index in [1.165, 1.54) is 6.42 Å². The van der Waals surface area contributed by atoms with Gasteiger partial charge in [-0.05, 0) is 60.9 Å². The van der Waals surface area contributed by atoms with E-state index in [1.54, 1.807) is 6.07 Å². The summed E-state index contributed by atoms with van der Waals surface area (Å²) >= 11 is 0. The molecule has 1 aliphatic heterocycles. The van der Waals surface area contributed by atoms with Crippen molar-refractivity contribution in [1.29, 1.82) is 5.26 Å². The number of nitrogens with one attached hydrogen (secondary N) is 1. The predicted octanol–water partition coefficient (Wildman–Crippen LogP) is 6.23. The van der Waals surface area contributed by atoms with Gasteiger partial charge in [-0.2, -0.15) is 5.26 Å². The van der Waals surface area contributed by atoms with Crippen molar-refractivity contribution in [1.82, 2.24) is 0 Å². The lowest BCUT2D eigenvalue weighted by Crippen LogP contribution is -2.44. The monoisotopic (exact) mass is 493 g/mol. The fourth-order valence-corrected chi connectivity index (χ4v) is 6.15. The standard InChI is InChI=1S/C32H35N3O2/c33-23-25-22-29(34-31(36)24-10-4-1-5-11-24)16-17-30(25)35-20-18-28(19-21-35)32(37,26-12-6-2-7-13-26)27-14-8-3-9-15-27/h2-3,6-9,12-17,22,24,28,37H,1,4-5,10-11,18-21H2,(H,34,36). The third-order valence-corrected chi connectivity index (χ3v) is 8.21. The van der Waals surface area contributed by atoms with Crippen LogP contribution in [-0.4, -0.2) is 24.1 Å². The molecule has 3 aromatic rings. The highest BCUT2D eigenvalue weighted by Gasteiger charge is 2.41. The number of hydrogen-bond acceptors (Lipinski definition) is 4. The molecule has 5 rings (SSSR count). The molecule has 5 heteroatoms. The first-order valence-electron chi connectivity index (χ1n) is 13.5. The minimum Gasteiger partial charge on any atom is -0.380 e. The second-order valence-electron chi connectivity index (χ2n) is 10.4. The van der Waals surface area contributed by atoms with Crippen LogP contribution in [0.1, 0.15) is 61.6 Å². The summed E-state index contributed by atoms with van der Waals surface area (Å²) in [4.78, 5) is 14.9. The number of rotatable bonds is 6. The molecule has 0 aromatic heterocycles. The molecule has 3 aromatic carbocycles. The van der Waals surface area contributed by atoms with Crippen LogP contribution in [0.3, 0.4) is 0 Å². The van der Waals surface area contributed by atoms with E-state index >= 15 is 0 Å². The van der Waals surface area contributed by atoms with Crippen molar-refractivity contribution >= 4 is 17.3 Å². The summed E-state index contributed by atoms with van der Waals surface area (Å²) in [5.41, 5.74) is 2.90. The number of amides is 1. The Kier molecular flexibility index (Phi) is 7.58. The van der Waals surface area contributed by atoms with Gasteiger partial charge in [-0.3, -0.25) is 4.79 Å². The van der Waals surface area contributed by atoms with E-state index in [9.17, 15) is 15.2 Å². The zero-order valence-corrected chi connectivity index (χ0v) is 21.3. The summed E-state index contributed by atoms with van der Waals surface area (Å²) in [6, 6.07) is 27.9. The van der Waals surface area contributed by atoms with Gasteiger partial charge in [0.25, 0.3) is 0 Å². The highest BCUT2D eigenvalue weighted by molar-refractivity contribution is 5.93. The molecule has 1 amide bonds. The smallest absolute Gasteiger partial charge is 0.227 e. The molecule has 2 aliphatic rings. The number of carbonyl (C=O) groups excluding carboxylic acids is 1. The maximum Gasteiger partial charge on any atom is 0.227 e. The molecular weight excluding hydrogens is 458 g/mol. The SMILES string of the molecule is N#Cc1cc(NC(=O)C2CCCCC2)ccc1N1CCC(C(O)(c2ccccc2)c2ccccc2)CC1. The van der Waals surface area contributed by atoms with Gasteiger partial charge in [0, 0.05) is 24.7 Å². The van der Waals surface area contributed by atoms with E-state index in [-0.39, 0.29) is 17.7 Å². The zero-order chi connectivity index (χ0) is 25.7. The largest absolute Gasteiger partial charge is 0.380 e. The molecule has 1 heterocycles. The van der Waals surface area contributed by atoms with Crippen LogP contribution >= 0.6 is 0 Å². The van der Waals surface area contributed by atoms with Crippen LogP contribution in [0.2, 0.25) is 0 Å². The van der Waals surface area contributed by atoms with E-state index < -0.39 is 5.60 Å². The van der Waals surface area contributed by atoms with Crippen LogP contribution in [0.25, 0.3) is 0 Å². The van der Waals surface area contributed by atoms with Gasteiger partial charge in [0.2, 0.25) is 5.91 Å². The van der Waals surface area contributed by atoms with Crippen molar-refractivity contribution in [3.05, 3.63) is 95.6 Å². The normalized spacial score (nSPS) is 17.2. The molecule has 190 valence electrons. The minimum absolute atomic E-state index is 0.0492. The molecule has 0 unspecified atom stereocenters. The van der Waals surface area contributed by atoms with E-state index in [4.69, 9.17) is 0 Å². The molecule has 0 bridgehead atoms. The van der Waals surface area contributed by atoms with Gasteiger partial charge in [-0.25, -0.2) is 0 Å². The van der Waals surface area contributed by atoms with Crippen molar-refractivity contribution in [2.75, 3.05) is 23.3 Å². The molecule has 1 aliphatic carbocycles. The molecule has 2 N–H and O–H groups in total. The molecule has 5 nitrogen and oxygen atoms in total. The number of benzene rings is 3. The zero-order valence-electron chi connectivity index (χ0n) is 21.3. The second kappa shape index (κ2) is 11.2. The number of hydrogen-bond donors (Lipinski definition) is 2. The van der Waals surface area contributed by atoms with Crippen molar-refractivity contribution < 1.29 is 9.90 Å². The van der Waals surface area contributed by atoms with Crippen LogP contribution in [0, 0.1) is 23.2 Å². The number of anilines is 2. The fourth-order valence-electron chi connectivity index (χ4n) is 6.15. The summed E-state index contributed by atoms with van der Waals surface area (Å²) < 4.78 is 0. The summed E-state index contributed by atoms with van der Waals surface area (Å²) in [5.74, 6) is 0.192. The third-order valence-electron chi connectivity index (χ3n) is 8.21. The molecule has 0 atom stereocenters. The van der Waals surface area contributed by atoms with Crippen LogP contribution in [0.15, 0.2) is 78.9 Å². The van der Waals surface area contributed by atoms with Gasteiger partial charge in [0.05, 0.1) is 11.3 Å². The summed E-state index contributed by atoms with van der Waals surface area (Å²) in [6.45, 7) is 1.49. The first-order chi connectivity index (χ1) is 18.1. The molecule has 1 saturated carbocycles. The van der Waals surface area contributed by atoms with Crippen LogP contribution in [-0.2, 0) is 10.4 Å². The molecular formula is C32H35N3O2. The summed E-state index contributed by atoms with van der Waals surface area (Å²) in [5, 5.41) is 25.1. The van der Waals surface area contributed by atoms with Crippen molar-refractivity contribution in [3.8, 4) is 6.07 Å². The van der Waals surface area contributed by atoms with Crippen LogP contribution in [0.4, 0.5) is 11.4 Å². The highest BCUT2D eigenvalue weighted by Crippen LogP contribution is 2.42. The Morgan fingerprint density at radius 3 is 2.03 bits per heavy atom. The average molecular weight is 494 g/mol. The third kappa shape index (κ3) is 5.26. The van der Waals surface area contributed by atoms with E-state index in [1.807, 2.05) is 72.8 Å². The fraction of sp³-hybridized carbons (Fsp3) is 0.375. The van der Waals surface area contributed by atoms with E-state index in [2.05, 4.69) is 16.3 Å². The van der Waals surface area contributed by atoms with Crippen molar-refractivity contribution in [2.24, 2.45) is 11.8 Å².